The van der Waals surface area contributed by atoms with Gasteiger partial charge in [-0.1, -0.05) is 27.7 Å². The lowest BCUT2D eigenvalue weighted by molar-refractivity contribution is 0.457. The van der Waals surface area contributed by atoms with Gasteiger partial charge in [0.15, 0.2) is 0 Å². The van der Waals surface area contributed by atoms with Crippen LogP contribution in [0.2, 0.25) is 0 Å². The third kappa shape index (κ3) is 1.39. The first-order chi connectivity index (χ1) is 5.30. The van der Waals surface area contributed by atoms with Crippen LogP contribution in [-0.2, 0) is 0 Å². The quantitative estimate of drug-likeness (QED) is 0.690. The molecule has 2 N–H and O–H groups in total. The van der Waals surface area contributed by atoms with Crippen LogP contribution in [0, 0.1) is 16.7 Å². The second-order valence-corrected chi connectivity index (χ2v) is 5.55. The largest absolute Gasteiger partial charge is 0.328 e. The lowest BCUT2D eigenvalue weighted by Crippen LogP contribution is -2.14. The van der Waals surface area contributed by atoms with Gasteiger partial charge in [0.25, 0.3) is 0 Å². The molecule has 1 fully saturated rings. The highest BCUT2D eigenvalue weighted by Gasteiger charge is 2.63. The Balaban J connectivity index is 2.39. The Bertz CT molecular complexity index is 154. The highest BCUT2D eigenvalue weighted by molar-refractivity contribution is 5.11. The summed E-state index contributed by atoms with van der Waals surface area (Å²) >= 11 is 0. The van der Waals surface area contributed by atoms with Crippen molar-refractivity contribution in [2.24, 2.45) is 22.5 Å². The second-order valence-electron chi connectivity index (χ2n) is 5.55. The van der Waals surface area contributed by atoms with Crippen molar-refractivity contribution in [3.63, 3.8) is 0 Å². The highest BCUT2D eigenvalue weighted by atomic mass is 14.7. The number of nitrogens with two attached hydrogens (primary N) is 1. The SMILES string of the molecule is CC(N)CCC1C(C)(C)C1(C)C. The van der Waals surface area contributed by atoms with Gasteiger partial charge in [0.2, 0.25) is 0 Å². The minimum absolute atomic E-state index is 0.372. The monoisotopic (exact) mass is 169 g/mol. The normalized spacial score (nSPS) is 28.5. The molecule has 0 radical (unpaired) electrons. The Hall–Kier alpha value is -0.0400. The van der Waals surface area contributed by atoms with Crippen LogP contribution in [0.25, 0.3) is 0 Å². The maximum atomic E-state index is 5.75. The Morgan fingerprint density at radius 3 is 1.83 bits per heavy atom. The van der Waals surface area contributed by atoms with Gasteiger partial charge in [-0.3, -0.25) is 0 Å². The van der Waals surface area contributed by atoms with Crippen LogP contribution in [0.4, 0.5) is 0 Å². The van der Waals surface area contributed by atoms with Crippen LogP contribution in [0.5, 0.6) is 0 Å². The maximum Gasteiger partial charge on any atom is 0.00105 e. The van der Waals surface area contributed by atoms with Gasteiger partial charge in [0.05, 0.1) is 0 Å². The van der Waals surface area contributed by atoms with Gasteiger partial charge in [-0.25, -0.2) is 0 Å². The summed E-state index contributed by atoms with van der Waals surface area (Å²) in [7, 11) is 0. The summed E-state index contributed by atoms with van der Waals surface area (Å²) in [5.74, 6) is 0.885. The third-order valence-electron chi connectivity index (χ3n) is 4.23. The molecule has 0 heterocycles. The van der Waals surface area contributed by atoms with Gasteiger partial charge >= 0.3 is 0 Å². The van der Waals surface area contributed by atoms with E-state index in [1.807, 2.05) is 0 Å². The van der Waals surface area contributed by atoms with Crippen LogP contribution in [0.1, 0.15) is 47.5 Å². The van der Waals surface area contributed by atoms with Crippen molar-refractivity contribution in [3.05, 3.63) is 0 Å². The van der Waals surface area contributed by atoms with Crippen molar-refractivity contribution < 1.29 is 0 Å². The average molecular weight is 169 g/mol. The zero-order chi connectivity index (χ0) is 9.57. The molecular formula is C11H23N. The molecule has 1 nitrogen and oxygen atoms in total. The highest BCUT2D eigenvalue weighted by Crippen LogP contribution is 2.69. The summed E-state index contributed by atoms with van der Waals surface area (Å²) < 4.78 is 0. The fourth-order valence-electron chi connectivity index (χ4n) is 2.48. The topological polar surface area (TPSA) is 26.0 Å². The summed E-state index contributed by atoms with van der Waals surface area (Å²) in [6.07, 6.45) is 2.48. The molecule has 1 aliphatic rings. The van der Waals surface area contributed by atoms with E-state index in [2.05, 4.69) is 34.6 Å². The number of hydrogen-bond acceptors (Lipinski definition) is 1. The van der Waals surface area contributed by atoms with Gasteiger partial charge in [0, 0.05) is 6.04 Å². The van der Waals surface area contributed by atoms with Gasteiger partial charge < -0.3 is 5.73 Å². The molecule has 1 aliphatic carbocycles. The van der Waals surface area contributed by atoms with Crippen molar-refractivity contribution in [2.45, 2.75) is 53.5 Å². The summed E-state index contributed by atoms with van der Waals surface area (Å²) in [5, 5.41) is 0. The molecular weight excluding hydrogens is 146 g/mol. The third-order valence-corrected chi connectivity index (χ3v) is 4.23. The first-order valence-electron chi connectivity index (χ1n) is 5.05. The summed E-state index contributed by atoms with van der Waals surface area (Å²) in [5.41, 5.74) is 6.83. The van der Waals surface area contributed by atoms with Crippen LogP contribution in [0.15, 0.2) is 0 Å². The minimum Gasteiger partial charge on any atom is -0.328 e. The molecule has 1 unspecified atom stereocenters. The van der Waals surface area contributed by atoms with Gasteiger partial charge in [-0.2, -0.15) is 0 Å². The molecule has 72 valence electrons. The van der Waals surface area contributed by atoms with E-state index in [-0.39, 0.29) is 0 Å². The van der Waals surface area contributed by atoms with Crippen molar-refractivity contribution in [1.29, 1.82) is 0 Å². The summed E-state index contributed by atoms with van der Waals surface area (Å²) in [4.78, 5) is 0. The van der Waals surface area contributed by atoms with E-state index in [1.165, 1.54) is 12.8 Å². The minimum atomic E-state index is 0.372. The van der Waals surface area contributed by atoms with E-state index in [1.54, 1.807) is 0 Å². The van der Waals surface area contributed by atoms with Crippen LogP contribution >= 0.6 is 0 Å². The number of hydrogen-bond donors (Lipinski definition) is 1. The standard InChI is InChI=1S/C11H23N/c1-8(12)6-7-9-10(2,3)11(9,4)5/h8-9H,6-7,12H2,1-5H3. The lowest BCUT2D eigenvalue weighted by atomic mass is 10.0. The molecule has 1 saturated carbocycles. The molecule has 0 aliphatic heterocycles. The number of rotatable bonds is 3. The first-order valence-corrected chi connectivity index (χ1v) is 5.05. The molecule has 0 bridgehead atoms. The smallest absolute Gasteiger partial charge is 0.00105 e. The van der Waals surface area contributed by atoms with E-state index in [0.29, 0.717) is 16.9 Å². The molecule has 0 amide bonds. The fraction of sp³-hybridized carbons (Fsp3) is 1.00. The van der Waals surface area contributed by atoms with E-state index in [4.69, 9.17) is 5.73 Å². The Kier molecular flexibility index (Phi) is 2.28. The van der Waals surface area contributed by atoms with Gasteiger partial charge in [0.1, 0.15) is 0 Å². The van der Waals surface area contributed by atoms with Crippen LogP contribution < -0.4 is 5.73 Å². The van der Waals surface area contributed by atoms with Crippen molar-refractivity contribution in [1.82, 2.24) is 0 Å². The maximum absolute atomic E-state index is 5.75. The molecule has 0 aromatic rings. The predicted octanol–water partition coefficient (Wildman–Crippen LogP) is 2.80. The first kappa shape index (κ1) is 10.0. The lowest BCUT2D eigenvalue weighted by Gasteiger charge is -2.05. The molecule has 1 heteroatoms. The van der Waals surface area contributed by atoms with E-state index < -0.39 is 0 Å². The van der Waals surface area contributed by atoms with E-state index in [0.717, 1.165) is 5.92 Å². The van der Waals surface area contributed by atoms with Crippen LogP contribution in [-0.4, -0.2) is 6.04 Å². The van der Waals surface area contributed by atoms with E-state index >= 15 is 0 Å². The fourth-order valence-corrected chi connectivity index (χ4v) is 2.48. The molecule has 0 aromatic heterocycles. The Labute approximate surface area is 76.7 Å². The zero-order valence-corrected chi connectivity index (χ0v) is 9.15. The molecule has 0 aromatic carbocycles. The van der Waals surface area contributed by atoms with Gasteiger partial charge in [-0.05, 0) is 36.5 Å². The Morgan fingerprint density at radius 1 is 1.17 bits per heavy atom. The average Bonchev–Trinajstić information content (AvgIpc) is 2.21. The molecule has 12 heavy (non-hydrogen) atoms. The second kappa shape index (κ2) is 2.73. The van der Waals surface area contributed by atoms with Crippen molar-refractivity contribution >= 4 is 0 Å². The molecule has 0 saturated heterocycles. The molecule has 0 spiro atoms. The summed E-state index contributed by atoms with van der Waals surface area (Å²) in [6, 6.07) is 0.372. The summed E-state index contributed by atoms with van der Waals surface area (Å²) in [6.45, 7) is 11.6. The molecule has 1 rings (SSSR count). The molecule has 1 atom stereocenters. The van der Waals surface area contributed by atoms with Gasteiger partial charge in [-0.15, -0.1) is 0 Å². The van der Waals surface area contributed by atoms with Crippen molar-refractivity contribution in [3.8, 4) is 0 Å². The predicted molar refractivity (Wildman–Crippen MR) is 53.9 cm³/mol. The van der Waals surface area contributed by atoms with Crippen LogP contribution in [0.3, 0.4) is 0 Å². The van der Waals surface area contributed by atoms with E-state index in [9.17, 15) is 0 Å². The zero-order valence-electron chi connectivity index (χ0n) is 9.15. The Morgan fingerprint density at radius 2 is 1.58 bits per heavy atom. The van der Waals surface area contributed by atoms with Crippen molar-refractivity contribution in [2.75, 3.05) is 0 Å².